The molecule has 0 amide bonds. The van der Waals surface area contributed by atoms with Crippen molar-refractivity contribution in [2.75, 3.05) is 5.75 Å². The normalized spacial score (nSPS) is 9.91. The summed E-state index contributed by atoms with van der Waals surface area (Å²) in [5.74, 6) is 0.732. The molecule has 1 rings (SSSR count). The minimum Gasteiger partial charge on any atom is -0.387 e. The van der Waals surface area contributed by atoms with Crippen LogP contribution < -0.4 is 5.73 Å². The van der Waals surface area contributed by atoms with Gasteiger partial charge in [0.15, 0.2) is 4.34 Å². The Hall–Kier alpha value is -0.550. The van der Waals surface area contributed by atoms with E-state index in [1.54, 1.807) is 11.3 Å². The smallest absolute Gasteiger partial charge is 0.150 e. The number of aryl methyl sites for hydroxylation is 1. The van der Waals surface area contributed by atoms with E-state index >= 15 is 0 Å². The molecule has 0 aliphatic rings. The van der Waals surface area contributed by atoms with Crippen LogP contribution in [0.3, 0.4) is 0 Å². The predicted octanol–water partition coefficient (Wildman–Crippen LogP) is 1.48. The second-order valence-corrected chi connectivity index (χ2v) is 4.15. The van der Waals surface area contributed by atoms with Crippen LogP contribution in [0.1, 0.15) is 5.69 Å². The highest BCUT2D eigenvalue weighted by Crippen LogP contribution is 2.21. The monoisotopic (exact) mass is 187 g/mol. The van der Waals surface area contributed by atoms with E-state index in [0.717, 1.165) is 10.0 Å². The fraction of sp³-hybridized carbons (Fsp3) is 0.333. The van der Waals surface area contributed by atoms with Gasteiger partial charge in [-0.3, -0.25) is 5.41 Å². The maximum absolute atomic E-state index is 6.98. The summed E-state index contributed by atoms with van der Waals surface area (Å²) in [7, 11) is 0. The predicted molar refractivity (Wildman–Crippen MR) is 49.5 cm³/mol. The summed E-state index contributed by atoms with van der Waals surface area (Å²) in [5, 5.41) is 8.97. The van der Waals surface area contributed by atoms with Crippen LogP contribution >= 0.6 is 23.1 Å². The van der Waals surface area contributed by atoms with Crippen molar-refractivity contribution >= 4 is 28.9 Å². The van der Waals surface area contributed by atoms with Gasteiger partial charge in [0, 0.05) is 11.1 Å². The number of aromatic nitrogens is 1. The molecule has 1 aromatic heterocycles. The fourth-order valence-electron chi connectivity index (χ4n) is 0.538. The molecular weight excluding hydrogens is 178 g/mol. The molecule has 1 heterocycles. The molecule has 60 valence electrons. The highest BCUT2D eigenvalue weighted by Gasteiger charge is 1.99. The van der Waals surface area contributed by atoms with Gasteiger partial charge in [0.2, 0.25) is 0 Å². The van der Waals surface area contributed by atoms with E-state index in [-0.39, 0.29) is 5.84 Å². The minimum atomic E-state index is 0.197. The lowest BCUT2D eigenvalue weighted by Crippen LogP contribution is -2.11. The Labute approximate surface area is 73.5 Å². The molecule has 1 aromatic rings. The number of nitrogens with one attached hydrogen (secondary N) is 1. The number of hydrogen-bond acceptors (Lipinski definition) is 4. The molecule has 0 aromatic carbocycles. The Morgan fingerprint density at radius 1 is 1.91 bits per heavy atom. The summed E-state index contributed by atoms with van der Waals surface area (Å²) in [6, 6.07) is 0. The number of thiazole rings is 1. The quantitative estimate of drug-likeness (QED) is 0.428. The summed E-state index contributed by atoms with van der Waals surface area (Å²) in [6.07, 6.45) is 0. The van der Waals surface area contributed by atoms with Gasteiger partial charge in [0.25, 0.3) is 0 Å². The molecule has 0 unspecified atom stereocenters. The van der Waals surface area contributed by atoms with Crippen LogP contribution in [-0.2, 0) is 0 Å². The largest absolute Gasteiger partial charge is 0.387 e. The average molecular weight is 187 g/mol. The minimum absolute atomic E-state index is 0.197. The van der Waals surface area contributed by atoms with E-state index in [4.69, 9.17) is 11.1 Å². The van der Waals surface area contributed by atoms with Crippen LogP contribution in [-0.4, -0.2) is 16.6 Å². The first kappa shape index (κ1) is 8.55. The number of hydrogen-bond donors (Lipinski definition) is 2. The molecule has 5 heteroatoms. The molecule has 0 bridgehead atoms. The lowest BCUT2D eigenvalue weighted by Gasteiger charge is -1.92. The van der Waals surface area contributed by atoms with E-state index in [1.165, 1.54) is 11.8 Å². The van der Waals surface area contributed by atoms with Gasteiger partial charge in [-0.15, -0.1) is 11.3 Å². The Balaban J connectivity index is 2.45. The molecule has 0 radical (unpaired) electrons. The third kappa shape index (κ3) is 2.90. The van der Waals surface area contributed by atoms with Crippen LogP contribution in [0.25, 0.3) is 0 Å². The van der Waals surface area contributed by atoms with Crippen LogP contribution in [0.5, 0.6) is 0 Å². The number of nitrogens with zero attached hydrogens (tertiary/aromatic N) is 1. The molecule has 3 N–H and O–H groups in total. The molecule has 0 saturated carbocycles. The van der Waals surface area contributed by atoms with Gasteiger partial charge in [-0.2, -0.15) is 0 Å². The summed E-state index contributed by atoms with van der Waals surface area (Å²) >= 11 is 3.10. The van der Waals surface area contributed by atoms with Gasteiger partial charge in [0.05, 0.1) is 5.75 Å². The SMILES string of the molecule is Cc1csc(SCC(=N)N)n1. The Bertz CT molecular complexity index is 256. The first-order valence-electron chi connectivity index (χ1n) is 3.06. The number of amidine groups is 1. The van der Waals surface area contributed by atoms with Crippen molar-refractivity contribution in [2.24, 2.45) is 5.73 Å². The fourth-order valence-corrected chi connectivity index (χ4v) is 2.14. The van der Waals surface area contributed by atoms with E-state index in [9.17, 15) is 0 Å². The molecule has 0 spiro atoms. The van der Waals surface area contributed by atoms with Crippen molar-refractivity contribution < 1.29 is 0 Å². The summed E-state index contributed by atoms with van der Waals surface area (Å²) in [6.45, 7) is 1.95. The topological polar surface area (TPSA) is 62.8 Å². The van der Waals surface area contributed by atoms with E-state index < -0.39 is 0 Å². The Kier molecular flexibility index (Phi) is 2.90. The molecule has 0 aliphatic carbocycles. The van der Waals surface area contributed by atoms with Gasteiger partial charge in [-0.25, -0.2) is 4.98 Å². The Morgan fingerprint density at radius 2 is 2.64 bits per heavy atom. The molecule has 11 heavy (non-hydrogen) atoms. The van der Waals surface area contributed by atoms with Crippen LogP contribution in [0, 0.1) is 12.3 Å². The van der Waals surface area contributed by atoms with Crippen LogP contribution in [0.15, 0.2) is 9.72 Å². The summed E-state index contributed by atoms with van der Waals surface area (Å²) in [4.78, 5) is 4.21. The average Bonchev–Trinajstić information content (AvgIpc) is 2.31. The standard InChI is InChI=1S/C6H9N3S2/c1-4-2-10-6(9-4)11-3-5(7)8/h2H,3H2,1H3,(H3,7,8). The molecule has 0 aliphatic heterocycles. The molecule has 0 saturated heterocycles. The molecular formula is C6H9N3S2. The first-order valence-corrected chi connectivity index (χ1v) is 4.93. The zero-order valence-corrected chi connectivity index (χ0v) is 7.76. The highest BCUT2D eigenvalue weighted by molar-refractivity contribution is 8.01. The van der Waals surface area contributed by atoms with Crippen molar-refractivity contribution in [3.8, 4) is 0 Å². The summed E-state index contributed by atoms with van der Waals surface area (Å²) < 4.78 is 0.984. The molecule has 0 atom stereocenters. The zero-order valence-electron chi connectivity index (χ0n) is 6.13. The van der Waals surface area contributed by atoms with E-state index in [2.05, 4.69) is 4.98 Å². The summed E-state index contributed by atoms with van der Waals surface area (Å²) in [5.41, 5.74) is 6.22. The second-order valence-electron chi connectivity index (χ2n) is 2.07. The number of thioether (sulfide) groups is 1. The van der Waals surface area contributed by atoms with Crippen LogP contribution in [0.2, 0.25) is 0 Å². The third-order valence-corrected chi connectivity index (χ3v) is 3.14. The number of rotatable bonds is 3. The van der Waals surface area contributed by atoms with E-state index in [1.807, 2.05) is 12.3 Å². The lowest BCUT2D eigenvalue weighted by atomic mass is 10.6. The van der Waals surface area contributed by atoms with Gasteiger partial charge >= 0.3 is 0 Å². The van der Waals surface area contributed by atoms with Crippen molar-refractivity contribution in [3.05, 3.63) is 11.1 Å². The van der Waals surface area contributed by atoms with Crippen molar-refractivity contribution in [2.45, 2.75) is 11.3 Å². The van der Waals surface area contributed by atoms with Crippen molar-refractivity contribution in [3.63, 3.8) is 0 Å². The third-order valence-electron chi connectivity index (χ3n) is 0.949. The second kappa shape index (κ2) is 3.73. The van der Waals surface area contributed by atoms with Gasteiger partial charge < -0.3 is 5.73 Å². The van der Waals surface area contributed by atoms with Crippen molar-refractivity contribution in [1.29, 1.82) is 5.41 Å². The Morgan fingerprint density at radius 3 is 3.09 bits per heavy atom. The maximum atomic E-state index is 6.98. The van der Waals surface area contributed by atoms with Gasteiger partial charge in [-0.1, -0.05) is 11.8 Å². The highest BCUT2D eigenvalue weighted by atomic mass is 32.2. The van der Waals surface area contributed by atoms with E-state index in [0.29, 0.717) is 5.75 Å². The lowest BCUT2D eigenvalue weighted by molar-refractivity contribution is 1.16. The van der Waals surface area contributed by atoms with Crippen molar-refractivity contribution in [1.82, 2.24) is 4.98 Å². The van der Waals surface area contributed by atoms with Gasteiger partial charge in [0.1, 0.15) is 5.84 Å². The first-order chi connectivity index (χ1) is 5.18. The zero-order chi connectivity index (χ0) is 8.27. The van der Waals surface area contributed by atoms with Gasteiger partial charge in [-0.05, 0) is 6.92 Å². The van der Waals surface area contributed by atoms with Crippen LogP contribution in [0.4, 0.5) is 0 Å². The molecule has 0 fully saturated rings. The molecule has 3 nitrogen and oxygen atoms in total. The maximum Gasteiger partial charge on any atom is 0.150 e. The number of nitrogens with two attached hydrogens (primary N) is 1.